The van der Waals surface area contributed by atoms with Crippen LogP contribution >= 0.6 is 0 Å². The third kappa shape index (κ3) is 2.98. The first-order chi connectivity index (χ1) is 8.68. The molecule has 1 aromatic heterocycles. The highest BCUT2D eigenvalue weighted by atomic mass is 16.3. The Bertz CT molecular complexity index is 422. The number of aromatic nitrogens is 1. The average Bonchev–Trinajstić information content (AvgIpc) is 2.38. The number of amides is 1. The molecule has 18 heavy (non-hydrogen) atoms. The summed E-state index contributed by atoms with van der Waals surface area (Å²) in [5, 5.41) is 12.4. The topological polar surface area (TPSA) is 65.5 Å². The quantitative estimate of drug-likeness (QED) is 0.839. The number of hydrogen-bond acceptors (Lipinski definition) is 4. The molecule has 0 aromatic carbocycles. The number of carbonyl (C=O) groups is 1. The maximum absolute atomic E-state index is 11.9. The summed E-state index contributed by atoms with van der Waals surface area (Å²) in [5.74, 6) is -0.390. The molecule has 1 atom stereocenters. The molecule has 1 unspecified atom stereocenters. The number of piperidine rings is 1. The number of nitrogens with zero attached hydrogens (tertiary/aromatic N) is 2. The number of carbonyl (C=O) groups excluding carboxylic acids is 1. The van der Waals surface area contributed by atoms with Gasteiger partial charge in [-0.25, -0.2) is 4.98 Å². The molecule has 0 aliphatic carbocycles. The predicted octanol–water partition coefficient (Wildman–Crippen LogP) is 1.00. The molecule has 0 bridgehead atoms. The van der Waals surface area contributed by atoms with E-state index in [0.29, 0.717) is 12.6 Å². The van der Waals surface area contributed by atoms with Crippen molar-refractivity contribution >= 4 is 5.91 Å². The maximum Gasteiger partial charge on any atom is 0.273 e. The summed E-state index contributed by atoms with van der Waals surface area (Å²) in [7, 11) is 2.08. The normalized spacial score (nSPS) is 20.6. The lowest BCUT2D eigenvalue weighted by atomic mass is 10.0. The van der Waals surface area contributed by atoms with Crippen molar-refractivity contribution in [2.24, 2.45) is 0 Å². The maximum atomic E-state index is 11.9. The molecular weight excluding hydrogens is 230 g/mol. The van der Waals surface area contributed by atoms with Crippen molar-refractivity contribution in [1.82, 2.24) is 15.2 Å². The van der Waals surface area contributed by atoms with E-state index in [2.05, 4.69) is 22.2 Å². The molecule has 0 saturated carbocycles. The largest absolute Gasteiger partial charge is 0.505 e. The minimum Gasteiger partial charge on any atom is -0.505 e. The van der Waals surface area contributed by atoms with Crippen molar-refractivity contribution in [3.8, 4) is 5.75 Å². The van der Waals surface area contributed by atoms with Gasteiger partial charge in [0.2, 0.25) is 0 Å². The third-order valence-electron chi connectivity index (χ3n) is 3.42. The van der Waals surface area contributed by atoms with E-state index in [9.17, 15) is 9.90 Å². The molecule has 2 rings (SSSR count). The fourth-order valence-electron chi connectivity index (χ4n) is 2.27. The minimum atomic E-state index is -0.313. The molecule has 2 N–H and O–H groups in total. The number of aromatic hydroxyl groups is 1. The van der Waals surface area contributed by atoms with E-state index in [1.54, 1.807) is 6.07 Å². The monoisotopic (exact) mass is 249 g/mol. The molecule has 5 nitrogen and oxygen atoms in total. The molecule has 1 aromatic rings. The van der Waals surface area contributed by atoms with Crippen LogP contribution in [0.25, 0.3) is 0 Å². The fraction of sp³-hybridized carbons (Fsp3) is 0.538. The average molecular weight is 249 g/mol. The van der Waals surface area contributed by atoms with Gasteiger partial charge >= 0.3 is 0 Å². The van der Waals surface area contributed by atoms with Crippen LogP contribution in [0.1, 0.15) is 29.8 Å². The lowest BCUT2D eigenvalue weighted by molar-refractivity contribution is 0.0920. The molecule has 0 spiro atoms. The van der Waals surface area contributed by atoms with Crippen LogP contribution in [0, 0.1) is 0 Å². The Morgan fingerprint density at radius 2 is 2.44 bits per heavy atom. The lowest BCUT2D eigenvalue weighted by Crippen LogP contribution is -2.44. The Morgan fingerprint density at radius 3 is 3.17 bits per heavy atom. The van der Waals surface area contributed by atoms with Crippen molar-refractivity contribution in [2.75, 3.05) is 20.1 Å². The minimum absolute atomic E-state index is 0.0769. The summed E-state index contributed by atoms with van der Waals surface area (Å²) in [6, 6.07) is 3.45. The highest BCUT2D eigenvalue weighted by Gasteiger charge is 2.20. The summed E-state index contributed by atoms with van der Waals surface area (Å²) in [6.45, 7) is 1.68. The number of nitrogens with one attached hydrogen (secondary N) is 1. The van der Waals surface area contributed by atoms with E-state index >= 15 is 0 Å². The number of likely N-dealkylation sites (N-methyl/N-ethyl adjacent to an activating group) is 1. The van der Waals surface area contributed by atoms with Gasteiger partial charge in [0, 0.05) is 18.8 Å². The molecule has 1 amide bonds. The Labute approximate surface area is 107 Å². The van der Waals surface area contributed by atoms with Crippen LogP contribution in [0.5, 0.6) is 5.75 Å². The third-order valence-corrected chi connectivity index (χ3v) is 3.42. The SMILES string of the molecule is CN1CCCCC1CNC(=O)c1ncccc1O. The van der Waals surface area contributed by atoms with E-state index in [0.717, 1.165) is 13.0 Å². The van der Waals surface area contributed by atoms with Crippen LogP contribution in [0.3, 0.4) is 0 Å². The van der Waals surface area contributed by atoms with Gasteiger partial charge in [0.25, 0.3) is 5.91 Å². The highest BCUT2D eigenvalue weighted by Crippen LogP contribution is 2.15. The molecule has 1 fully saturated rings. The zero-order valence-electron chi connectivity index (χ0n) is 10.6. The van der Waals surface area contributed by atoms with Crippen molar-refractivity contribution in [1.29, 1.82) is 0 Å². The van der Waals surface area contributed by atoms with Gasteiger partial charge in [0.1, 0.15) is 5.75 Å². The summed E-state index contributed by atoms with van der Waals surface area (Å²) in [5.41, 5.74) is 0.0935. The van der Waals surface area contributed by atoms with Gasteiger partial charge in [0.05, 0.1) is 0 Å². The van der Waals surface area contributed by atoms with Gasteiger partial charge < -0.3 is 15.3 Å². The second kappa shape index (κ2) is 5.82. The Kier molecular flexibility index (Phi) is 4.15. The molecule has 2 heterocycles. The molecule has 0 radical (unpaired) electrons. The van der Waals surface area contributed by atoms with Crippen LogP contribution < -0.4 is 5.32 Å². The van der Waals surface area contributed by atoms with E-state index in [1.165, 1.54) is 25.1 Å². The van der Waals surface area contributed by atoms with Crippen LogP contribution in [-0.4, -0.2) is 47.1 Å². The number of rotatable bonds is 3. The van der Waals surface area contributed by atoms with Crippen LogP contribution in [0.2, 0.25) is 0 Å². The van der Waals surface area contributed by atoms with Crippen molar-refractivity contribution in [3.05, 3.63) is 24.0 Å². The first kappa shape index (κ1) is 12.8. The zero-order chi connectivity index (χ0) is 13.0. The van der Waals surface area contributed by atoms with Crippen molar-refractivity contribution in [2.45, 2.75) is 25.3 Å². The van der Waals surface area contributed by atoms with Crippen molar-refractivity contribution in [3.63, 3.8) is 0 Å². The molecular formula is C13H19N3O2. The number of likely N-dealkylation sites (tertiary alicyclic amines) is 1. The summed E-state index contributed by atoms with van der Waals surface area (Å²) >= 11 is 0. The Balaban J connectivity index is 1.90. The number of pyridine rings is 1. The second-order valence-corrected chi connectivity index (χ2v) is 4.71. The zero-order valence-corrected chi connectivity index (χ0v) is 10.6. The van der Waals surface area contributed by atoms with E-state index in [4.69, 9.17) is 0 Å². The lowest BCUT2D eigenvalue weighted by Gasteiger charge is -2.32. The van der Waals surface area contributed by atoms with Gasteiger partial charge in [-0.2, -0.15) is 0 Å². The van der Waals surface area contributed by atoms with Gasteiger partial charge in [0.15, 0.2) is 5.69 Å². The van der Waals surface area contributed by atoms with E-state index < -0.39 is 0 Å². The second-order valence-electron chi connectivity index (χ2n) is 4.71. The first-order valence-electron chi connectivity index (χ1n) is 6.31. The van der Waals surface area contributed by atoms with Crippen molar-refractivity contribution < 1.29 is 9.90 Å². The first-order valence-corrected chi connectivity index (χ1v) is 6.31. The van der Waals surface area contributed by atoms with E-state index in [-0.39, 0.29) is 17.4 Å². The van der Waals surface area contributed by atoms with Gasteiger partial charge in [-0.3, -0.25) is 4.79 Å². The van der Waals surface area contributed by atoms with Gasteiger partial charge in [-0.05, 0) is 38.6 Å². The Hall–Kier alpha value is -1.62. The van der Waals surface area contributed by atoms with E-state index in [1.807, 2.05) is 0 Å². The molecule has 5 heteroatoms. The molecule has 1 saturated heterocycles. The molecule has 98 valence electrons. The Morgan fingerprint density at radius 1 is 1.61 bits per heavy atom. The fourth-order valence-corrected chi connectivity index (χ4v) is 2.27. The van der Waals surface area contributed by atoms with Crippen LogP contribution in [0.4, 0.5) is 0 Å². The van der Waals surface area contributed by atoms with Crippen LogP contribution in [-0.2, 0) is 0 Å². The molecule has 1 aliphatic rings. The van der Waals surface area contributed by atoms with Gasteiger partial charge in [-0.1, -0.05) is 6.42 Å². The van der Waals surface area contributed by atoms with Gasteiger partial charge in [-0.15, -0.1) is 0 Å². The van der Waals surface area contributed by atoms with Crippen LogP contribution in [0.15, 0.2) is 18.3 Å². The number of hydrogen-bond donors (Lipinski definition) is 2. The highest BCUT2D eigenvalue weighted by molar-refractivity contribution is 5.94. The standard InChI is InChI=1S/C13H19N3O2/c1-16-8-3-2-5-10(16)9-15-13(18)12-11(17)6-4-7-14-12/h4,6-7,10,17H,2-3,5,8-9H2,1H3,(H,15,18). The predicted molar refractivity (Wildman–Crippen MR) is 68.5 cm³/mol. The molecule has 1 aliphatic heterocycles. The summed E-state index contributed by atoms with van der Waals surface area (Å²) < 4.78 is 0. The smallest absolute Gasteiger partial charge is 0.273 e. The summed E-state index contributed by atoms with van der Waals surface area (Å²) in [4.78, 5) is 18.0. The summed E-state index contributed by atoms with van der Waals surface area (Å²) in [6.07, 6.45) is 5.04.